The SMILES string of the molecule is CC(C)c1ccc(CNCCc2ccc(Br)s2)cc1. The highest BCUT2D eigenvalue weighted by molar-refractivity contribution is 9.11. The van der Waals surface area contributed by atoms with Gasteiger partial charge in [0, 0.05) is 18.0 Å². The zero-order chi connectivity index (χ0) is 13.7. The van der Waals surface area contributed by atoms with Gasteiger partial charge in [0.05, 0.1) is 3.79 Å². The van der Waals surface area contributed by atoms with Gasteiger partial charge in [-0.2, -0.15) is 0 Å². The number of nitrogens with one attached hydrogen (secondary N) is 1. The molecular weight excluding hydrogens is 318 g/mol. The molecule has 1 aromatic heterocycles. The molecule has 0 radical (unpaired) electrons. The summed E-state index contributed by atoms with van der Waals surface area (Å²) >= 11 is 5.31. The van der Waals surface area contributed by atoms with Crippen LogP contribution in [-0.2, 0) is 13.0 Å². The first-order valence-electron chi connectivity index (χ1n) is 6.69. The zero-order valence-electron chi connectivity index (χ0n) is 11.4. The molecule has 3 heteroatoms. The van der Waals surface area contributed by atoms with Crippen molar-refractivity contribution in [3.63, 3.8) is 0 Å². The first-order chi connectivity index (χ1) is 9.15. The summed E-state index contributed by atoms with van der Waals surface area (Å²) in [5.74, 6) is 0.610. The highest BCUT2D eigenvalue weighted by Gasteiger charge is 2.00. The van der Waals surface area contributed by atoms with E-state index in [0.717, 1.165) is 19.5 Å². The van der Waals surface area contributed by atoms with Crippen molar-refractivity contribution in [3.05, 3.63) is 56.2 Å². The lowest BCUT2D eigenvalue weighted by molar-refractivity contribution is 0.690. The van der Waals surface area contributed by atoms with Crippen molar-refractivity contribution in [3.8, 4) is 0 Å². The molecule has 19 heavy (non-hydrogen) atoms. The molecule has 0 spiro atoms. The van der Waals surface area contributed by atoms with Crippen LogP contribution in [0.1, 0.15) is 35.8 Å². The quantitative estimate of drug-likeness (QED) is 0.734. The smallest absolute Gasteiger partial charge is 0.0701 e. The molecule has 1 N–H and O–H groups in total. The molecule has 2 rings (SSSR count). The van der Waals surface area contributed by atoms with Gasteiger partial charge in [-0.1, -0.05) is 38.1 Å². The summed E-state index contributed by atoms with van der Waals surface area (Å²) in [5.41, 5.74) is 2.77. The van der Waals surface area contributed by atoms with Gasteiger partial charge in [-0.25, -0.2) is 0 Å². The number of hydrogen-bond acceptors (Lipinski definition) is 2. The molecule has 0 aliphatic rings. The van der Waals surface area contributed by atoms with Crippen molar-refractivity contribution < 1.29 is 0 Å². The lowest BCUT2D eigenvalue weighted by Crippen LogP contribution is -2.16. The third-order valence-electron chi connectivity index (χ3n) is 3.15. The maximum absolute atomic E-state index is 3.50. The number of halogens is 1. The van der Waals surface area contributed by atoms with E-state index in [-0.39, 0.29) is 0 Å². The normalized spacial score (nSPS) is 11.2. The van der Waals surface area contributed by atoms with Gasteiger partial charge in [0.25, 0.3) is 0 Å². The number of benzene rings is 1. The Balaban J connectivity index is 1.73. The summed E-state index contributed by atoms with van der Waals surface area (Å²) in [6, 6.07) is 13.2. The predicted octanol–water partition coefficient (Wildman–Crippen LogP) is 4.97. The summed E-state index contributed by atoms with van der Waals surface area (Å²) < 4.78 is 1.21. The molecule has 0 atom stereocenters. The molecule has 1 aromatic carbocycles. The molecule has 0 amide bonds. The van der Waals surface area contributed by atoms with Crippen LogP contribution in [0.3, 0.4) is 0 Å². The molecular formula is C16H20BrNS. The van der Waals surface area contributed by atoms with Gasteiger partial charge in [0.1, 0.15) is 0 Å². The van der Waals surface area contributed by atoms with E-state index < -0.39 is 0 Å². The summed E-state index contributed by atoms with van der Waals surface area (Å²) in [7, 11) is 0. The number of thiophene rings is 1. The number of hydrogen-bond donors (Lipinski definition) is 1. The van der Waals surface area contributed by atoms with Crippen LogP contribution in [0.15, 0.2) is 40.2 Å². The van der Waals surface area contributed by atoms with E-state index in [0.29, 0.717) is 5.92 Å². The minimum Gasteiger partial charge on any atom is -0.312 e. The van der Waals surface area contributed by atoms with Gasteiger partial charge in [-0.05, 0) is 51.5 Å². The summed E-state index contributed by atoms with van der Waals surface area (Å²) in [6.07, 6.45) is 1.10. The molecule has 2 aromatic rings. The molecule has 102 valence electrons. The van der Waals surface area contributed by atoms with Crippen LogP contribution in [0, 0.1) is 0 Å². The first-order valence-corrected chi connectivity index (χ1v) is 8.30. The second-order valence-corrected chi connectivity index (χ2v) is 7.58. The van der Waals surface area contributed by atoms with Crippen LogP contribution in [0.2, 0.25) is 0 Å². The minimum atomic E-state index is 0.610. The maximum atomic E-state index is 3.50. The average Bonchev–Trinajstić information content (AvgIpc) is 2.81. The van der Waals surface area contributed by atoms with Crippen LogP contribution in [0.25, 0.3) is 0 Å². The zero-order valence-corrected chi connectivity index (χ0v) is 13.9. The standard InChI is InChI=1S/C16H20BrNS/c1-12(2)14-5-3-13(4-6-14)11-18-10-9-15-7-8-16(17)19-15/h3-8,12,18H,9-11H2,1-2H3. The molecule has 1 nitrogen and oxygen atoms in total. The highest BCUT2D eigenvalue weighted by Crippen LogP contribution is 2.22. The van der Waals surface area contributed by atoms with Crippen molar-refractivity contribution >= 4 is 27.3 Å². The van der Waals surface area contributed by atoms with E-state index in [2.05, 4.69) is 71.5 Å². The molecule has 0 saturated heterocycles. The van der Waals surface area contributed by atoms with Crippen LogP contribution in [0.4, 0.5) is 0 Å². The van der Waals surface area contributed by atoms with Gasteiger partial charge in [-0.3, -0.25) is 0 Å². The third kappa shape index (κ3) is 4.75. The number of rotatable bonds is 6. The molecule has 0 bridgehead atoms. The maximum Gasteiger partial charge on any atom is 0.0701 e. The Kier molecular flexibility index (Phi) is 5.61. The Morgan fingerprint density at radius 3 is 2.42 bits per heavy atom. The van der Waals surface area contributed by atoms with Gasteiger partial charge < -0.3 is 5.32 Å². The Morgan fingerprint density at radius 2 is 1.84 bits per heavy atom. The molecule has 0 aliphatic heterocycles. The largest absolute Gasteiger partial charge is 0.312 e. The Bertz CT molecular complexity index is 502. The van der Waals surface area contributed by atoms with E-state index in [1.807, 2.05) is 11.3 Å². The van der Waals surface area contributed by atoms with Crippen molar-refractivity contribution in [2.75, 3.05) is 6.54 Å². The van der Waals surface area contributed by atoms with Crippen molar-refractivity contribution in [1.29, 1.82) is 0 Å². The monoisotopic (exact) mass is 337 g/mol. The molecule has 0 fully saturated rings. The van der Waals surface area contributed by atoms with E-state index in [4.69, 9.17) is 0 Å². The average molecular weight is 338 g/mol. The summed E-state index contributed by atoms with van der Waals surface area (Å²) in [6.45, 7) is 6.43. The van der Waals surface area contributed by atoms with Crippen LogP contribution < -0.4 is 5.32 Å². The van der Waals surface area contributed by atoms with Gasteiger partial charge in [0.2, 0.25) is 0 Å². The molecule has 0 unspecified atom stereocenters. The molecule has 0 aliphatic carbocycles. The second kappa shape index (κ2) is 7.22. The van der Waals surface area contributed by atoms with Crippen LogP contribution in [-0.4, -0.2) is 6.54 Å². The Hall–Kier alpha value is -0.640. The van der Waals surface area contributed by atoms with Crippen LogP contribution in [0.5, 0.6) is 0 Å². The minimum absolute atomic E-state index is 0.610. The van der Waals surface area contributed by atoms with Crippen molar-refractivity contribution in [1.82, 2.24) is 5.32 Å². The van der Waals surface area contributed by atoms with E-state index in [9.17, 15) is 0 Å². The van der Waals surface area contributed by atoms with Crippen molar-refractivity contribution in [2.45, 2.75) is 32.7 Å². The van der Waals surface area contributed by atoms with E-state index in [1.54, 1.807) is 0 Å². The third-order valence-corrected chi connectivity index (χ3v) is 4.84. The van der Waals surface area contributed by atoms with Gasteiger partial charge in [-0.15, -0.1) is 11.3 Å². The van der Waals surface area contributed by atoms with E-state index >= 15 is 0 Å². The molecule has 1 heterocycles. The topological polar surface area (TPSA) is 12.0 Å². The van der Waals surface area contributed by atoms with E-state index in [1.165, 1.54) is 19.8 Å². The second-order valence-electron chi connectivity index (χ2n) is 5.03. The van der Waals surface area contributed by atoms with Crippen LogP contribution >= 0.6 is 27.3 Å². The summed E-state index contributed by atoms with van der Waals surface area (Å²) in [5, 5.41) is 3.50. The summed E-state index contributed by atoms with van der Waals surface area (Å²) in [4.78, 5) is 1.43. The van der Waals surface area contributed by atoms with Gasteiger partial charge in [0.15, 0.2) is 0 Å². The Labute approximate surface area is 128 Å². The lowest BCUT2D eigenvalue weighted by Gasteiger charge is -2.07. The molecule has 0 saturated carbocycles. The van der Waals surface area contributed by atoms with Gasteiger partial charge >= 0.3 is 0 Å². The fraction of sp³-hybridized carbons (Fsp3) is 0.375. The first kappa shape index (κ1) is 14.8. The van der Waals surface area contributed by atoms with Crippen molar-refractivity contribution in [2.24, 2.45) is 0 Å². The lowest BCUT2D eigenvalue weighted by atomic mass is 10.0. The Morgan fingerprint density at radius 1 is 1.11 bits per heavy atom. The predicted molar refractivity (Wildman–Crippen MR) is 88.0 cm³/mol. The highest BCUT2D eigenvalue weighted by atomic mass is 79.9. The fourth-order valence-electron chi connectivity index (χ4n) is 1.95. The fourth-order valence-corrected chi connectivity index (χ4v) is 3.43.